The second-order valence-corrected chi connectivity index (χ2v) is 3.79. The predicted octanol–water partition coefficient (Wildman–Crippen LogP) is 2.42. The summed E-state index contributed by atoms with van der Waals surface area (Å²) in [5, 5.41) is 19.7. The van der Waals surface area contributed by atoms with Crippen LogP contribution in [0.2, 0.25) is 0 Å². The first-order valence-corrected chi connectivity index (χ1v) is 5.45. The van der Waals surface area contributed by atoms with Crippen LogP contribution in [0.15, 0.2) is 52.1 Å². The van der Waals surface area contributed by atoms with Gasteiger partial charge in [-0.2, -0.15) is 15.0 Å². The summed E-state index contributed by atoms with van der Waals surface area (Å²) in [6.45, 7) is 0. The molecule has 0 bridgehead atoms. The zero-order valence-electron chi connectivity index (χ0n) is 9.63. The van der Waals surface area contributed by atoms with Crippen molar-refractivity contribution in [3.8, 4) is 0 Å². The Hall–Kier alpha value is -2.96. The topological polar surface area (TPSA) is 86.5 Å². The molecule has 0 fully saturated rings. The second kappa shape index (κ2) is 4.37. The third-order valence-electron chi connectivity index (χ3n) is 2.50. The number of benzene rings is 1. The average Bonchev–Trinajstić information content (AvgIpc) is 3.02. The summed E-state index contributed by atoms with van der Waals surface area (Å²) in [5.74, 6) is -0.0154. The van der Waals surface area contributed by atoms with Crippen molar-refractivity contribution in [3.63, 3.8) is 0 Å². The van der Waals surface area contributed by atoms with Gasteiger partial charge in [0.25, 0.3) is 0 Å². The standard InChI is InChI=1S/C12H8N4O3/c17-16(18)12-6-5-10(19-12)7-13-15-8-9-3-1-2-4-11(9)14-15/h1-8H/b13-7-. The summed E-state index contributed by atoms with van der Waals surface area (Å²) < 4.78 is 4.95. The number of hydrogen-bond acceptors (Lipinski definition) is 5. The molecule has 3 aromatic rings. The molecule has 0 saturated carbocycles. The number of nitro groups is 1. The molecule has 0 N–H and O–H groups in total. The first kappa shape index (κ1) is 11.1. The summed E-state index contributed by atoms with van der Waals surface area (Å²) in [4.78, 5) is 11.2. The SMILES string of the molecule is O=[N+]([O-])c1ccc(/C=N\n2cc3ccccc3n2)o1. The first-order chi connectivity index (χ1) is 9.22. The number of furan rings is 1. The van der Waals surface area contributed by atoms with E-state index in [2.05, 4.69) is 10.2 Å². The predicted molar refractivity (Wildman–Crippen MR) is 68.1 cm³/mol. The Morgan fingerprint density at radius 1 is 1.32 bits per heavy atom. The highest BCUT2D eigenvalue weighted by atomic mass is 16.6. The molecule has 0 radical (unpaired) electrons. The summed E-state index contributed by atoms with van der Waals surface area (Å²) in [5.41, 5.74) is 0.824. The molecule has 0 atom stereocenters. The Morgan fingerprint density at radius 3 is 2.89 bits per heavy atom. The molecule has 1 aromatic carbocycles. The highest BCUT2D eigenvalue weighted by molar-refractivity contribution is 5.79. The minimum absolute atomic E-state index is 0.297. The Labute approximate surface area is 106 Å². The van der Waals surface area contributed by atoms with E-state index in [0.29, 0.717) is 5.76 Å². The molecule has 3 rings (SSSR count). The molecule has 2 heterocycles. The normalized spacial score (nSPS) is 11.4. The van der Waals surface area contributed by atoms with Crippen molar-refractivity contribution in [1.82, 2.24) is 9.89 Å². The maximum Gasteiger partial charge on any atom is 0.433 e. The lowest BCUT2D eigenvalue weighted by Crippen LogP contribution is -1.89. The van der Waals surface area contributed by atoms with Gasteiger partial charge in [-0.25, -0.2) is 0 Å². The van der Waals surface area contributed by atoms with Crippen molar-refractivity contribution in [3.05, 3.63) is 58.5 Å². The smallest absolute Gasteiger partial charge is 0.400 e. The van der Waals surface area contributed by atoms with Crippen molar-refractivity contribution in [2.24, 2.45) is 5.10 Å². The average molecular weight is 256 g/mol. The van der Waals surface area contributed by atoms with Gasteiger partial charge in [0.15, 0.2) is 5.76 Å². The van der Waals surface area contributed by atoms with Crippen LogP contribution in [-0.2, 0) is 0 Å². The molecule has 0 aliphatic carbocycles. The largest absolute Gasteiger partial charge is 0.433 e. The van der Waals surface area contributed by atoms with Gasteiger partial charge >= 0.3 is 5.88 Å². The molecule has 0 spiro atoms. The highest BCUT2D eigenvalue weighted by Gasteiger charge is 2.10. The Balaban J connectivity index is 1.86. The highest BCUT2D eigenvalue weighted by Crippen LogP contribution is 2.14. The van der Waals surface area contributed by atoms with Crippen molar-refractivity contribution in [1.29, 1.82) is 0 Å². The van der Waals surface area contributed by atoms with Gasteiger partial charge in [-0.3, -0.25) is 10.1 Å². The number of hydrogen-bond donors (Lipinski definition) is 0. The third-order valence-corrected chi connectivity index (χ3v) is 2.50. The molecule has 7 nitrogen and oxygen atoms in total. The molecular formula is C12H8N4O3. The molecule has 94 valence electrons. The number of fused-ring (bicyclic) bond motifs is 1. The van der Waals surface area contributed by atoms with E-state index in [1.54, 1.807) is 6.20 Å². The van der Waals surface area contributed by atoms with E-state index in [4.69, 9.17) is 4.42 Å². The summed E-state index contributed by atoms with van der Waals surface area (Å²) >= 11 is 0. The van der Waals surface area contributed by atoms with E-state index in [9.17, 15) is 10.1 Å². The first-order valence-electron chi connectivity index (χ1n) is 5.45. The van der Waals surface area contributed by atoms with Crippen LogP contribution in [0.4, 0.5) is 5.88 Å². The van der Waals surface area contributed by atoms with Crippen LogP contribution < -0.4 is 0 Å². The Morgan fingerprint density at radius 2 is 2.16 bits per heavy atom. The zero-order chi connectivity index (χ0) is 13.2. The Bertz CT molecular complexity index is 739. The van der Waals surface area contributed by atoms with Crippen molar-refractivity contribution < 1.29 is 9.34 Å². The van der Waals surface area contributed by atoms with Crippen molar-refractivity contribution in [2.45, 2.75) is 0 Å². The monoisotopic (exact) mass is 256 g/mol. The quantitative estimate of drug-likeness (QED) is 0.409. The van der Waals surface area contributed by atoms with Gasteiger partial charge in [-0.05, 0) is 12.1 Å². The van der Waals surface area contributed by atoms with Gasteiger partial charge in [0.1, 0.15) is 4.92 Å². The van der Waals surface area contributed by atoms with E-state index < -0.39 is 4.92 Å². The molecule has 0 aliphatic heterocycles. The molecule has 0 unspecified atom stereocenters. The van der Waals surface area contributed by atoms with Gasteiger partial charge in [-0.15, -0.1) is 0 Å². The molecule has 0 aliphatic rings. The van der Waals surface area contributed by atoms with Crippen LogP contribution in [0.25, 0.3) is 10.9 Å². The fraction of sp³-hybridized carbons (Fsp3) is 0. The third kappa shape index (κ3) is 2.21. The maximum atomic E-state index is 10.5. The maximum absolute atomic E-state index is 10.5. The minimum Gasteiger partial charge on any atom is -0.400 e. The molecule has 0 amide bonds. The second-order valence-electron chi connectivity index (χ2n) is 3.79. The summed E-state index contributed by atoms with van der Waals surface area (Å²) in [7, 11) is 0. The van der Waals surface area contributed by atoms with Gasteiger partial charge in [0.2, 0.25) is 0 Å². The van der Waals surface area contributed by atoms with Crippen LogP contribution in [-0.4, -0.2) is 21.0 Å². The molecular weight excluding hydrogens is 248 g/mol. The van der Waals surface area contributed by atoms with Crippen molar-refractivity contribution in [2.75, 3.05) is 0 Å². The molecule has 2 aromatic heterocycles. The Kier molecular flexibility index (Phi) is 2.57. The van der Waals surface area contributed by atoms with Crippen LogP contribution in [0.3, 0.4) is 0 Å². The molecule has 7 heteroatoms. The van der Waals surface area contributed by atoms with E-state index in [0.717, 1.165) is 10.9 Å². The van der Waals surface area contributed by atoms with E-state index in [1.807, 2.05) is 24.3 Å². The number of aromatic nitrogens is 2. The molecule has 0 saturated heterocycles. The fourth-order valence-electron chi connectivity index (χ4n) is 1.64. The van der Waals surface area contributed by atoms with Crippen LogP contribution in [0, 0.1) is 10.1 Å². The zero-order valence-corrected chi connectivity index (χ0v) is 9.63. The minimum atomic E-state index is -0.598. The number of rotatable bonds is 3. The lowest BCUT2D eigenvalue weighted by atomic mass is 10.3. The van der Waals surface area contributed by atoms with Gasteiger partial charge in [-0.1, -0.05) is 18.2 Å². The summed E-state index contributed by atoms with van der Waals surface area (Å²) in [6, 6.07) is 10.4. The van der Waals surface area contributed by atoms with Gasteiger partial charge in [0.05, 0.1) is 24.0 Å². The van der Waals surface area contributed by atoms with Crippen LogP contribution >= 0.6 is 0 Å². The lowest BCUT2D eigenvalue weighted by Gasteiger charge is -1.87. The lowest BCUT2D eigenvalue weighted by molar-refractivity contribution is -0.402. The van der Waals surface area contributed by atoms with Crippen LogP contribution in [0.5, 0.6) is 0 Å². The van der Waals surface area contributed by atoms with Gasteiger partial charge in [0, 0.05) is 5.39 Å². The fourth-order valence-corrected chi connectivity index (χ4v) is 1.64. The number of nitrogens with zero attached hydrogens (tertiary/aromatic N) is 4. The van der Waals surface area contributed by atoms with Crippen LogP contribution in [0.1, 0.15) is 5.76 Å². The summed E-state index contributed by atoms with van der Waals surface area (Å²) in [6.07, 6.45) is 3.13. The van der Waals surface area contributed by atoms with E-state index in [-0.39, 0.29) is 5.88 Å². The van der Waals surface area contributed by atoms with E-state index >= 15 is 0 Å². The van der Waals surface area contributed by atoms with Crippen molar-refractivity contribution >= 4 is 23.0 Å². The van der Waals surface area contributed by atoms with Gasteiger partial charge < -0.3 is 4.42 Å². The molecule has 19 heavy (non-hydrogen) atoms. The van der Waals surface area contributed by atoms with E-state index in [1.165, 1.54) is 23.1 Å².